The van der Waals surface area contributed by atoms with Crippen molar-refractivity contribution in [3.05, 3.63) is 0 Å². The molecule has 0 aromatic carbocycles. The summed E-state index contributed by atoms with van der Waals surface area (Å²) in [6, 6.07) is 0. The number of fused-ring (bicyclic) bond motifs is 8. The molecule has 8 aliphatic rings. The highest BCUT2D eigenvalue weighted by Crippen LogP contribution is 2.40. The van der Waals surface area contributed by atoms with Crippen LogP contribution in [0.1, 0.15) is 172 Å². The van der Waals surface area contributed by atoms with Gasteiger partial charge in [-0.3, -0.25) is 38.4 Å². The molecule has 14 unspecified atom stereocenters. The molecule has 4 heterocycles. The standard InChI is InChI=1S/C15H22O6.C14H20O6.C13H20O4.C12H18O4/c1-4-15(2,3)14(18)19-8-12(16)20-10-6-5-9-7-11(10)21-13(9)17;1-3-8(2)13(16)18-7-12(15)19-10-5-4-9-6-11(10)20-14(9)17;1-4-13(2,3)12(15)17-9-6-5-8-7-10(9)16-11(8)14;1-3-7(2)11(13)15-9-5-4-8-6-10(9)16-12(8)14/h9-11H,4-8H2,1-3H3;8-11H,3-7H2,1-2H3;8-10H,4-7H2,1-3H3;7-10H,3-6H2,1-2H3. The molecule has 0 spiro atoms. The van der Waals surface area contributed by atoms with Gasteiger partial charge in [-0.25, -0.2) is 9.59 Å². The van der Waals surface area contributed by atoms with Gasteiger partial charge in [0, 0.05) is 25.7 Å². The minimum absolute atomic E-state index is 0.0362. The van der Waals surface area contributed by atoms with Crippen LogP contribution in [0.15, 0.2) is 0 Å². The normalized spacial score (nSPS) is 30.7. The summed E-state index contributed by atoms with van der Waals surface area (Å²) in [7, 11) is 0. The Bertz CT molecular complexity index is 2040. The minimum atomic E-state index is -0.612. The van der Waals surface area contributed by atoms with E-state index in [0.29, 0.717) is 57.8 Å². The molecule has 4 aliphatic heterocycles. The van der Waals surface area contributed by atoms with Crippen molar-refractivity contribution in [3.63, 3.8) is 0 Å². The third-order valence-electron chi connectivity index (χ3n) is 16.0. The van der Waals surface area contributed by atoms with Gasteiger partial charge in [-0.1, -0.05) is 41.5 Å². The van der Waals surface area contributed by atoms with Gasteiger partial charge >= 0.3 is 59.7 Å². The first kappa shape index (κ1) is 59.6. The largest absolute Gasteiger partial charge is 0.458 e. The number of ether oxygens (including phenoxy) is 10. The molecule has 0 aromatic rings. The van der Waals surface area contributed by atoms with Crippen molar-refractivity contribution in [1.82, 2.24) is 0 Å². The highest BCUT2D eigenvalue weighted by atomic mass is 16.6. The summed E-state index contributed by atoms with van der Waals surface area (Å²) < 4.78 is 52.0. The third-order valence-corrected chi connectivity index (χ3v) is 16.0. The fraction of sp³-hybridized carbons (Fsp3) is 0.815. The molecule has 14 atom stereocenters. The van der Waals surface area contributed by atoms with Crippen LogP contribution < -0.4 is 0 Å². The van der Waals surface area contributed by atoms with Gasteiger partial charge in [0.2, 0.25) is 0 Å². The first-order valence-electron chi connectivity index (χ1n) is 26.9. The number of hydrogen-bond acceptors (Lipinski definition) is 20. The lowest BCUT2D eigenvalue weighted by molar-refractivity contribution is -0.172. The van der Waals surface area contributed by atoms with Gasteiger partial charge in [0.15, 0.2) is 13.2 Å². The van der Waals surface area contributed by atoms with E-state index >= 15 is 0 Å². The molecule has 20 heteroatoms. The van der Waals surface area contributed by atoms with E-state index in [1.165, 1.54) is 0 Å². The lowest BCUT2D eigenvalue weighted by atomic mass is 9.87. The van der Waals surface area contributed by atoms with Gasteiger partial charge < -0.3 is 47.4 Å². The van der Waals surface area contributed by atoms with Crippen molar-refractivity contribution in [3.8, 4) is 0 Å². The summed E-state index contributed by atoms with van der Waals surface area (Å²) in [5.74, 6) is -3.32. The van der Waals surface area contributed by atoms with Crippen molar-refractivity contribution in [1.29, 1.82) is 0 Å². The molecule has 8 bridgehead atoms. The fourth-order valence-electron chi connectivity index (χ4n) is 9.46. The summed E-state index contributed by atoms with van der Waals surface area (Å²) in [6.07, 6.45) is 8.74. The molecule has 8 fully saturated rings. The number of carbonyl (C=O) groups is 10. The Balaban J connectivity index is 0.000000184. The highest BCUT2D eigenvalue weighted by Gasteiger charge is 2.49. The number of hydrogen-bond donors (Lipinski definition) is 0. The van der Waals surface area contributed by atoms with Crippen LogP contribution in [0.3, 0.4) is 0 Å². The topological polar surface area (TPSA) is 263 Å². The second kappa shape index (κ2) is 26.5. The average Bonchev–Trinajstić information content (AvgIpc) is 4.07. The van der Waals surface area contributed by atoms with E-state index in [0.717, 1.165) is 44.9 Å². The fourth-order valence-corrected chi connectivity index (χ4v) is 9.46. The van der Waals surface area contributed by atoms with E-state index in [4.69, 9.17) is 47.4 Å². The summed E-state index contributed by atoms with van der Waals surface area (Å²) in [5, 5.41) is 0. The quantitative estimate of drug-likeness (QED) is 0.117. The van der Waals surface area contributed by atoms with E-state index in [2.05, 4.69) is 0 Å². The lowest BCUT2D eigenvalue weighted by Crippen LogP contribution is -2.37. The van der Waals surface area contributed by atoms with Gasteiger partial charge in [0.25, 0.3) is 0 Å². The molecule has 4 saturated carbocycles. The molecule has 0 radical (unpaired) electrons. The molecule has 20 nitrogen and oxygen atoms in total. The molecule has 0 amide bonds. The number of rotatable bonds is 16. The molecular weight excluding hydrogens is 969 g/mol. The van der Waals surface area contributed by atoms with Gasteiger partial charge in [-0.2, -0.15) is 0 Å². The second-order valence-electron chi connectivity index (χ2n) is 22.2. The van der Waals surface area contributed by atoms with Crippen molar-refractivity contribution >= 4 is 59.7 Å². The molecular formula is C54H80O20. The zero-order valence-electron chi connectivity index (χ0n) is 45.0. The Hall–Kier alpha value is -5.30. The zero-order valence-corrected chi connectivity index (χ0v) is 45.0. The Kier molecular flexibility index (Phi) is 21.3. The van der Waals surface area contributed by atoms with Crippen LogP contribution in [0.25, 0.3) is 0 Å². The van der Waals surface area contributed by atoms with E-state index in [-0.39, 0.29) is 115 Å². The molecule has 0 aromatic heterocycles. The van der Waals surface area contributed by atoms with Crippen molar-refractivity contribution in [2.75, 3.05) is 13.2 Å². The maximum absolute atomic E-state index is 12.0. The van der Waals surface area contributed by atoms with Crippen LogP contribution in [-0.4, -0.2) is 122 Å². The number of carbonyl (C=O) groups excluding carboxylic acids is 10. The van der Waals surface area contributed by atoms with E-state index < -0.39 is 53.5 Å². The van der Waals surface area contributed by atoms with Crippen molar-refractivity contribution < 1.29 is 95.3 Å². The number of esters is 10. The molecule has 74 heavy (non-hydrogen) atoms. The molecule has 8 rings (SSSR count). The van der Waals surface area contributed by atoms with Gasteiger partial charge in [0.1, 0.15) is 48.8 Å². The minimum Gasteiger partial charge on any atom is -0.458 e. The SMILES string of the molecule is CCC(C)(C)C(=O)OC1CCC2CC1OC2=O.CCC(C)(C)C(=O)OCC(=O)OC1CCC2CC1OC2=O.CCC(C)C(=O)OC1CCC2CC1OC2=O.CCC(C)C(=O)OCC(=O)OC1CCC2CC1OC2=O. The summed E-state index contributed by atoms with van der Waals surface area (Å²) >= 11 is 0. The van der Waals surface area contributed by atoms with Gasteiger partial charge in [-0.05, 0) is 105 Å². The predicted molar refractivity (Wildman–Crippen MR) is 257 cm³/mol. The van der Waals surface area contributed by atoms with Crippen LogP contribution in [0.2, 0.25) is 0 Å². The van der Waals surface area contributed by atoms with Crippen LogP contribution >= 0.6 is 0 Å². The van der Waals surface area contributed by atoms with Crippen LogP contribution in [0, 0.1) is 46.3 Å². The summed E-state index contributed by atoms with van der Waals surface area (Å²) in [4.78, 5) is 116. The highest BCUT2D eigenvalue weighted by molar-refractivity contribution is 5.81. The average molecular weight is 1050 g/mol. The summed E-state index contributed by atoms with van der Waals surface area (Å²) in [6.45, 7) is 17.8. The molecule has 0 N–H and O–H groups in total. The van der Waals surface area contributed by atoms with Gasteiger partial charge in [-0.15, -0.1) is 0 Å². The molecule has 4 saturated heterocycles. The maximum atomic E-state index is 12.0. The first-order valence-corrected chi connectivity index (χ1v) is 26.9. The van der Waals surface area contributed by atoms with Crippen molar-refractivity contribution in [2.24, 2.45) is 46.3 Å². The van der Waals surface area contributed by atoms with Crippen LogP contribution in [0.5, 0.6) is 0 Å². The summed E-state index contributed by atoms with van der Waals surface area (Å²) in [5.41, 5.74) is -1.07. The van der Waals surface area contributed by atoms with E-state index in [1.807, 2.05) is 48.5 Å². The van der Waals surface area contributed by atoms with Gasteiger partial charge in [0.05, 0.1) is 46.3 Å². The lowest BCUT2D eigenvalue weighted by Gasteiger charge is -2.29. The smallest absolute Gasteiger partial charge is 0.344 e. The molecule has 416 valence electrons. The van der Waals surface area contributed by atoms with E-state index in [9.17, 15) is 47.9 Å². The Labute approximate surface area is 434 Å². The monoisotopic (exact) mass is 1050 g/mol. The predicted octanol–water partition coefficient (Wildman–Crippen LogP) is 6.55. The Morgan fingerprint density at radius 1 is 0.446 bits per heavy atom. The third kappa shape index (κ3) is 15.9. The van der Waals surface area contributed by atoms with Crippen LogP contribution in [-0.2, 0) is 95.3 Å². The Morgan fingerprint density at radius 2 is 0.757 bits per heavy atom. The van der Waals surface area contributed by atoms with E-state index in [1.54, 1.807) is 20.8 Å². The van der Waals surface area contributed by atoms with Crippen molar-refractivity contribution in [2.45, 2.75) is 221 Å². The first-order chi connectivity index (χ1) is 34.9. The molecule has 4 aliphatic carbocycles. The maximum Gasteiger partial charge on any atom is 0.344 e. The zero-order chi connectivity index (χ0) is 54.7. The second-order valence-corrected chi connectivity index (χ2v) is 22.2. The van der Waals surface area contributed by atoms with Crippen LogP contribution in [0.4, 0.5) is 0 Å². The Morgan fingerprint density at radius 3 is 1.11 bits per heavy atom.